The number of rotatable bonds is 3. The molecule has 0 bridgehead atoms. The molecule has 0 aromatic heterocycles. The van der Waals surface area contributed by atoms with Crippen LogP contribution in [0, 0.1) is 0 Å². The Labute approximate surface area is 145 Å². The molecule has 0 spiro atoms. The molecule has 2 rings (SSSR count). The van der Waals surface area contributed by atoms with Crippen molar-refractivity contribution in [2.75, 3.05) is 26.2 Å². The van der Waals surface area contributed by atoms with Gasteiger partial charge < -0.3 is 9.80 Å². The summed E-state index contributed by atoms with van der Waals surface area (Å²) < 4.78 is 0. The SMILES string of the molecule is CCCC(=O)N1CCCN(C(=O)c2ccc(C(C)(C)C)cc2)CC1. The first-order chi connectivity index (χ1) is 11.3. The van der Waals surface area contributed by atoms with Crippen LogP contribution in [-0.2, 0) is 10.2 Å². The maximum absolute atomic E-state index is 12.7. The molecule has 1 aromatic carbocycles. The fourth-order valence-electron chi connectivity index (χ4n) is 3.04. The van der Waals surface area contributed by atoms with Crippen LogP contribution in [0.25, 0.3) is 0 Å². The average Bonchev–Trinajstić information content (AvgIpc) is 2.80. The molecule has 0 N–H and O–H groups in total. The summed E-state index contributed by atoms with van der Waals surface area (Å²) >= 11 is 0. The Balaban J connectivity index is 2.01. The van der Waals surface area contributed by atoms with E-state index in [-0.39, 0.29) is 17.2 Å². The monoisotopic (exact) mass is 330 g/mol. The minimum atomic E-state index is 0.0697. The second kappa shape index (κ2) is 7.82. The van der Waals surface area contributed by atoms with Gasteiger partial charge in [0, 0.05) is 38.2 Å². The van der Waals surface area contributed by atoms with Gasteiger partial charge in [-0.05, 0) is 36.0 Å². The largest absolute Gasteiger partial charge is 0.341 e. The van der Waals surface area contributed by atoms with Crippen LogP contribution < -0.4 is 0 Å². The van der Waals surface area contributed by atoms with Crippen molar-refractivity contribution in [1.82, 2.24) is 9.80 Å². The highest BCUT2D eigenvalue weighted by Gasteiger charge is 2.23. The number of nitrogens with zero attached hydrogens (tertiary/aromatic N) is 2. The van der Waals surface area contributed by atoms with Crippen molar-refractivity contribution >= 4 is 11.8 Å². The highest BCUT2D eigenvalue weighted by atomic mass is 16.2. The number of amides is 2. The van der Waals surface area contributed by atoms with Crippen LogP contribution >= 0.6 is 0 Å². The Morgan fingerprint density at radius 2 is 1.54 bits per heavy atom. The number of carbonyl (C=O) groups excluding carboxylic acids is 2. The van der Waals surface area contributed by atoms with E-state index in [1.165, 1.54) is 5.56 Å². The Bertz CT molecular complexity index is 572. The van der Waals surface area contributed by atoms with E-state index in [1.54, 1.807) is 0 Å². The van der Waals surface area contributed by atoms with Crippen molar-refractivity contribution in [3.63, 3.8) is 0 Å². The molecule has 0 saturated carbocycles. The molecule has 4 heteroatoms. The Morgan fingerprint density at radius 1 is 0.958 bits per heavy atom. The molecular formula is C20H30N2O2. The van der Waals surface area contributed by atoms with Gasteiger partial charge in [0.1, 0.15) is 0 Å². The van der Waals surface area contributed by atoms with Gasteiger partial charge in [0.05, 0.1) is 0 Å². The van der Waals surface area contributed by atoms with Crippen LogP contribution in [0.5, 0.6) is 0 Å². The van der Waals surface area contributed by atoms with E-state index in [9.17, 15) is 9.59 Å². The summed E-state index contributed by atoms with van der Waals surface area (Å²) in [5.74, 6) is 0.279. The molecule has 1 aromatic rings. The third kappa shape index (κ3) is 4.59. The van der Waals surface area contributed by atoms with Gasteiger partial charge in [-0.3, -0.25) is 9.59 Å². The topological polar surface area (TPSA) is 40.6 Å². The predicted octanol–water partition coefficient (Wildman–Crippen LogP) is 3.46. The van der Waals surface area contributed by atoms with Crippen molar-refractivity contribution in [2.24, 2.45) is 0 Å². The van der Waals surface area contributed by atoms with Crippen LogP contribution in [0.1, 0.15) is 62.9 Å². The quantitative estimate of drug-likeness (QED) is 0.851. The number of benzene rings is 1. The van der Waals surface area contributed by atoms with Gasteiger partial charge in [0.15, 0.2) is 0 Å². The van der Waals surface area contributed by atoms with Gasteiger partial charge in [0.2, 0.25) is 5.91 Å². The average molecular weight is 330 g/mol. The van der Waals surface area contributed by atoms with Gasteiger partial charge in [0.25, 0.3) is 5.91 Å². The molecule has 2 amide bonds. The van der Waals surface area contributed by atoms with Crippen LogP contribution in [0.3, 0.4) is 0 Å². The molecule has 132 valence electrons. The minimum Gasteiger partial charge on any atom is -0.341 e. The Kier molecular flexibility index (Phi) is 6.03. The molecule has 1 heterocycles. The molecule has 0 unspecified atom stereocenters. The van der Waals surface area contributed by atoms with E-state index >= 15 is 0 Å². The lowest BCUT2D eigenvalue weighted by Crippen LogP contribution is -2.37. The van der Waals surface area contributed by atoms with E-state index in [2.05, 4.69) is 20.8 Å². The molecule has 1 saturated heterocycles. The van der Waals surface area contributed by atoms with Crippen molar-refractivity contribution in [3.8, 4) is 0 Å². The summed E-state index contributed by atoms with van der Waals surface area (Å²) in [5, 5.41) is 0. The second-order valence-corrected chi connectivity index (χ2v) is 7.60. The maximum Gasteiger partial charge on any atom is 0.253 e. The normalized spacial score (nSPS) is 16.0. The summed E-state index contributed by atoms with van der Waals surface area (Å²) in [5.41, 5.74) is 2.05. The van der Waals surface area contributed by atoms with Gasteiger partial charge in [-0.25, -0.2) is 0 Å². The first-order valence-corrected chi connectivity index (χ1v) is 9.00. The first kappa shape index (κ1) is 18.5. The molecule has 0 radical (unpaired) electrons. The minimum absolute atomic E-state index is 0.0697. The highest BCUT2D eigenvalue weighted by Crippen LogP contribution is 2.22. The zero-order valence-electron chi connectivity index (χ0n) is 15.5. The fourth-order valence-corrected chi connectivity index (χ4v) is 3.04. The summed E-state index contributed by atoms with van der Waals surface area (Å²) in [7, 11) is 0. The van der Waals surface area contributed by atoms with E-state index in [0.29, 0.717) is 19.5 Å². The lowest BCUT2D eigenvalue weighted by atomic mass is 9.86. The summed E-state index contributed by atoms with van der Waals surface area (Å²) in [6, 6.07) is 7.94. The lowest BCUT2D eigenvalue weighted by molar-refractivity contribution is -0.131. The predicted molar refractivity (Wildman–Crippen MR) is 97.2 cm³/mol. The molecule has 0 atom stereocenters. The number of hydrogen-bond acceptors (Lipinski definition) is 2. The second-order valence-electron chi connectivity index (χ2n) is 7.60. The van der Waals surface area contributed by atoms with E-state index in [4.69, 9.17) is 0 Å². The fraction of sp³-hybridized carbons (Fsp3) is 0.600. The van der Waals surface area contributed by atoms with Gasteiger partial charge in [-0.1, -0.05) is 39.8 Å². The Hall–Kier alpha value is -1.84. The zero-order chi connectivity index (χ0) is 17.7. The molecule has 4 nitrogen and oxygen atoms in total. The molecule has 24 heavy (non-hydrogen) atoms. The summed E-state index contributed by atoms with van der Waals surface area (Å²) in [6.07, 6.45) is 2.32. The maximum atomic E-state index is 12.7. The molecule has 0 aliphatic carbocycles. The molecule has 1 aliphatic rings. The van der Waals surface area contributed by atoms with Crippen LogP contribution in [0.4, 0.5) is 0 Å². The van der Waals surface area contributed by atoms with E-state index in [0.717, 1.165) is 31.5 Å². The molecule has 1 aliphatic heterocycles. The Morgan fingerprint density at radius 3 is 2.12 bits per heavy atom. The van der Waals surface area contributed by atoms with E-state index in [1.807, 2.05) is 41.0 Å². The standard InChI is InChI=1S/C20H30N2O2/c1-5-7-18(23)21-12-6-13-22(15-14-21)19(24)16-8-10-17(11-9-16)20(2,3)4/h8-11H,5-7,12-15H2,1-4H3. The third-order valence-electron chi connectivity index (χ3n) is 4.60. The van der Waals surface area contributed by atoms with E-state index < -0.39 is 0 Å². The lowest BCUT2D eigenvalue weighted by Gasteiger charge is -2.23. The smallest absolute Gasteiger partial charge is 0.253 e. The van der Waals surface area contributed by atoms with Gasteiger partial charge in [-0.15, -0.1) is 0 Å². The van der Waals surface area contributed by atoms with Crippen molar-refractivity contribution in [3.05, 3.63) is 35.4 Å². The van der Waals surface area contributed by atoms with Gasteiger partial charge >= 0.3 is 0 Å². The summed E-state index contributed by atoms with van der Waals surface area (Å²) in [6.45, 7) is 11.3. The van der Waals surface area contributed by atoms with Crippen LogP contribution in [-0.4, -0.2) is 47.8 Å². The van der Waals surface area contributed by atoms with Crippen LogP contribution in [0.2, 0.25) is 0 Å². The number of hydrogen-bond donors (Lipinski definition) is 0. The number of carbonyl (C=O) groups is 2. The highest BCUT2D eigenvalue weighted by molar-refractivity contribution is 5.94. The van der Waals surface area contributed by atoms with Crippen molar-refractivity contribution in [1.29, 1.82) is 0 Å². The molecular weight excluding hydrogens is 300 g/mol. The molecule has 1 fully saturated rings. The first-order valence-electron chi connectivity index (χ1n) is 9.00. The van der Waals surface area contributed by atoms with Crippen molar-refractivity contribution in [2.45, 2.75) is 52.4 Å². The van der Waals surface area contributed by atoms with Gasteiger partial charge in [-0.2, -0.15) is 0 Å². The zero-order valence-corrected chi connectivity index (χ0v) is 15.5. The van der Waals surface area contributed by atoms with Crippen LogP contribution in [0.15, 0.2) is 24.3 Å². The van der Waals surface area contributed by atoms with Crippen molar-refractivity contribution < 1.29 is 9.59 Å². The summed E-state index contributed by atoms with van der Waals surface area (Å²) in [4.78, 5) is 28.6. The third-order valence-corrected chi connectivity index (χ3v) is 4.60.